The van der Waals surface area contributed by atoms with Crippen LogP contribution in [-0.4, -0.2) is 37.1 Å². The van der Waals surface area contributed by atoms with Crippen LogP contribution in [0.5, 0.6) is 5.75 Å². The zero-order chi connectivity index (χ0) is 14.6. The van der Waals surface area contributed by atoms with Gasteiger partial charge in [-0.15, -0.1) is 0 Å². The number of hydrogen-bond donors (Lipinski definition) is 0. The lowest BCUT2D eigenvalue weighted by Gasteiger charge is -2.12. The smallest absolute Gasteiger partial charge is 0.416 e. The van der Waals surface area contributed by atoms with Crippen LogP contribution < -0.4 is 4.74 Å². The highest BCUT2D eigenvalue weighted by Crippen LogP contribution is 2.35. The Morgan fingerprint density at radius 2 is 2.00 bits per heavy atom. The Balaban J connectivity index is 2.96. The quantitative estimate of drug-likeness (QED) is 0.613. The molecule has 0 fully saturated rings. The average molecular weight is 278 g/mol. The molecular formula is C11H13F3N2O3. The van der Waals surface area contributed by atoms with Crippen molar-refractivity contribution in [2.75, 3.05) is 27.2 Å². The van der Waals surface area contributed by atoms with Crippen LogP contribution in [0.2, 0.25) is 0 Å². The van der Waals surface area contributed by atoms with Crippen molar-refractivity contribution in [2.24, 2.45) is 0 Å². The van der Waals surface area contributed by atoms with Crippen molar-refractivity contribution in [3.05, 3.63) is 33.9 Å². The van der Waals surface area contributed by atoms with E-state index in [-0.39, 0.29) is 12.4 Å². The van der Waals surface area contributed by atoms with Gasteiger partial charge in [-0.2, -0.15) is 13.2 Å². The van der Waals surface area contributed by atoms with Crippen molar-refractivity contribution in [1.29, 1.82) is 0 Å². The van der Waals surface area contributed by atoms with E-state index >= 15 is 0 Å². The molecule has 0 aromatic heterocycles. The number of nitro benzene ring substituents is 1. The van der Waals surface area contributed by atoms with E-state index in [2.05, 4.69) is 0 Å². The predicted molar refractivity (Wildman–Crippen MR) is 62.1 cm³/mol. The molecular weight excluding hydrogens is 265 g/mol. The Morgan fingerprint density at radius 3 is 2.47 bits per heavy atom. The van der Waals surface area contributed by atoms with Gasteiger partial charge >= 0.3 is 11.9 Å². The zero-order valence-corrected chi connectivity index (χ0v) is 10.4. The van der Waals surface area contributed by atoms with Crippen LogP contribution in [0, 0.1) is 10.1 Å². The van der Waals surface area contributed by atoms with Gasteiger partial charge in [0, 0.05) is 12.6 Å². The predicted octanol–water partition coefficient (Wildman–Crippen LogP) is 2.55. The van der Waals surface area contributed by atoms with E-state index in [1.165, 1.54) is 0 Å². The standard InChI is InChI=1S/C11H13F3N2O3/c1-15(2)5-6-19-10-4-3-8(11(12,13)14)7-9(10)16(17)18/h3-4,7H,5-6H2,1-2H3. The summed E-state index contributed by atoms with van der Waals surface area (Å²) in [4.78, 5) is 11.6. The molecule has 0 atom stereocenters. The van der Waals surface area contributed by atoms with Gasteiger partial charge in [0.05, 0.1) is 10.5 Å². The first-order valence-electron chi connectivity index (χ1n) is 5.35. The Bertz CT molecular complexity index is 461. The molecule has 0 saturated heterocycles. The SMILES string of the molecule is CN(C)CCOc1ccc(C(F)(F)F)cc1[N+](=O)[O-]. The van der Waals surface area contributed by atoms with Crippen LogP contribution in [0.1, 0.15) is 5.56 Å². The number of alkyl halides is 3. The second kappa shape index (κ2) is 5.87. The van der Waals surface area contributed by atoms with Crippen molar-refractivity contribution in [3.8, 4) is 5.75 Å². The molecule has 19 heavy (non-hydrogen) atoms. The van der Waals surface area contributed by atoms with Gasteiger partial charge in [0.2, 0.25) is 0 Å². The van der Waals surface area contributed by atoms with Crippen LogP contribution in [0.4, 0.5) is 18.9 Å². The number of halogens is 3. The number of benzene rings is 1. The van der Waals surface area contributed by atoms with Crippen molar-refractivity contribution in [2.45, 2.75) is 6.18 Å². The van der Waals surface area contributed by atoms with Crippen LogP contribution in [0.25, 0.3) is 0 Å². The summed E-state index contributed by atoms with van der Waals surface area (Å²) in [7, 11) is 3.56. The van der Waals surface area contributed by atoms with Gasteiger partial charge in [-0.3, -0.25) is 10.1 Å². The molecule has 1 rings (SSSR count). The lowest BCUT2D eigenvalue weighted by atomic mass is 10.2. The number of likely N-dealkylation sites (N-methyl/N-ethyl adjacent to an activating group) is 1. The first-order valence-corrected chi connectivity index (χ1v) is 5.35. The Morgan fingerprint density at radius 1 is 1.37 bits per heavy atom. The van der Waals surface area contributed by atoms with Gasteiger partial charge in [-0.1, -0.05) is 0 Å². The fourth-order valence-electron chi connectivity index (χ4n) is 1.30. The van der Waals surface area contributed by atoms with Gasteiger partial charge in [-0.25, -0.2) is 0 Å². The lowest BCUT2D eigenvalue weighted by molar-refractivity contribution is -0.386. The Labute approximate surface area is 107 Å². The molecule has 0 unspecified atom stereocenters. The fraction of sp³-hybridized carbons (Fsp3) is 0.455. The summed E-state index contributed by atoms with van der Waals surface area (Å²) in [6.45, 7) is 0.650. The minimum absolute atomic E-state index is 0.152. The van der Waals surface area contributed by atoms with Crippen molar-refractivity contribution in [3.63, 3.8) is 0 Å². The summed E-state index contributed by atoms with van der Waals surface area (Å²) < 4.78 is 42.5. The topological polar surface area (TPSA) is 55.6 Å². The summed E-state index contributed by atoms with van der Waals surface area (Å²) in [5, 5.41) is 10.7. The van der Waals surface area contributed by atoms with Crippen LogP contribution >= 0.6 is 0 Å². The van der Waals surface area contributed by atoms with Crippen LogP contribution in [0.3, 0.4) is 0 Å². The van der Waals surface area contributed by atoms with Gasteiger partial charge in [-0.05, 0) is 26.2 Å². The first kappa shape index (κ1) is 15.2. The van der Waals surface area contributed by atoms with E-state index < -0.39 is 22.4 Å². The number of hydrogen-bond acceptors (Lipinski definition) is 4. The van der Waals surface area contributed by atoms with Crippen LogP contribution in [-0.2, 0) is 6.18 Å². The van der Waals surface area contributed by atoms with Gasteiger partial charge in [0.15, 0.2) is 5.75 Å². The molecule has 0 amide bonds. The third-order valence-electron chi connectivity index (χ3n) is 2.28. The first-order chi connectivity index (χ1) is 8.71. The van der Waals surface area contributed by atoms with Crippen molar-refractivity contribution >= 4 is 5.69 Å². The second-order valence-corrected chi connectivity index (χ2v) is 4.09. The highest BCUT2D eigenvalue weighted by atomic mass is 19.4. The largest absolute Gasteiger partial charge is 0.485 e. The molecule has 106 valence electrons. The molecule has 0 spiro atoms. The molecule has 0 radical (unpaired) electrons. The molecule has 0 N–H and O–H groups in total. The summed E-state index contributed by atoms with van der Waals surface area (Å²) in [6.07, 6.45) is -4.62. The summed E-state index contributed by atoms with van der Waals surface area (Å²) in [5.41, 5.74) is -1.76. The molecule has 0 bridgehead atoms. The third kappa shape index (κ3) is 4.40. The van der Waals surface area contributed by atoms with E-state index in [1.807, 2.05) is 0 Å². The monoisotopic (exact) mass is 278 g/mol. The second-order valence-electron chi connectivity index (χ2n) is 4.09. The molecule has 1 aromatic rings. The minimum Gasteiger partial charge on any atom is -0.485 e. The molecule has 0 heterocycles. The van der Waals surface area contributed by atoms with Crippen molar-refractivity contribution in [1.82, 2.24) is 4.90 Å². The maximum Gasteiger partial charge on any atom is 0.416 e. The third-order valence-corrected chi connectivity index (χ3v) is 2.28. The minimum atomic E-state index is -4.62. The van der Waals surface area contributed by atoms with Gasteiger partial charge in [0.1, 0.15) is 6.61 Å². The summed E-state index contributed by atoms with van der Waals surface area (Å²) >= 11 is 0. The van der Waals surface area contributed by atoms with Gasteiger partial charge < -0.3 is 9.64 Å². The van der Waals surface area contributed by atoms with E-state index in [0.29, 0.717) is 12.6 Å². The lowest BCUT2D eigenvalue weighted by Crippen LogP contribution is -2.19. The number of rotatable bonds is 5. The van der Waals surface area contributed by atoms with Crippen LogP contribution in [0.15, 0.2) is 18.2 Å². The highest BCUT2D eigenvalue weighted by Gasteiger charge is 2.33. The molecule has 8 heteroatoms. The Kier molecular flexibility index (Phi) is 4.71. The molecule has 0 aliphatic rings. The number of nitrogens with zero attached hydrogens (tertiary/aromatic N) is 2. The molecule has 5 nitrogen and oxygen atoms in total. The highest BCUT2D eigenvalue weighted by molar-refractivity contribution is 5.49. The average Bonchev–Trinajstić information content (AvgIpc) is 2.27. The maximum atomic E-state index is 12.5. The summed E-state index contributed by atoms with van der Waals surface area (Å²) in [5.74, 6) is -0.167. The summed E-state index contributed by atoms with van der Waals surface area (Å²) in [6, 6.07) is 2.21. The maximum absolute atomic E-state index is 12.5. The molecule has 0 aliphatic carbocycles. The molecule has 0 aliphatic heterocycles. The fourth-order valence-corrected chi connectivity index (χ4v) is 1.30. The van der Waals surface area contributed by atoms with E-state index in [9.17, 15) is 23.3 Å². The van der Waals surface area contributed by atoms with Gasteiger partial charge in [0.25, 0.3) is 0 Å². The Hall–Kier alpha value is -1.83. The molecule has 0 saturated carbocycles. The van der Waals surface area contributed by atoms with Crippen molar-refractivity contribution < 1.29 is 22.8 Å². The van der Waals surface area contributed by atoms with E-state index in [4.69, 9.17) is 4.74 Å². The molecule has 1 aromatic carbocycles. The zero-order valence-electron chi connectivity index (χ0n) is 10.4. The normalized spacial score (nSPS) is 11.7. The van der Waals surface area contributed by atoms with E-state index in [1.54, 1.807) is 19.0 Å². The van der Waals surface area contributed by atoms with E-state index in [0.717, 1.165) is 12.1 Å². The number of ether oxygens (including phenoxy) is 1. The number of nitro groups is 1.